The van der Waals surface area contributed by atoms with E-state index in [9.17, 15) is 15.0 Å². The van der Waals surface area contributed by atoms with Crippen molar-refractivity contribution in [2.45, 2.75) is 44.6 Å². The summed E-state index contributed by atoms with van der Waals surface area (Å²) in [5.74, 6) is -0.287. The second-order valence-corrected chi connectivity index (χ2v) is 8.58. The first-order valence-electron chi connectivity index (χ1n) is 11.2. The average Bonchev–Trinajstić information content (AvgIpc) is 3.40. The Labute approximate surface area is 188 Å². The molecule has 2 aliphatic rings. The van der Waals surface area contributed by atoms with Crippen LogP contribution in [0.4, 0.5) is 5.69 Å². The number of anilines is 1. The minimum Gasteiger partial charge on any atom is -0.457 e. The summed E-state index contributed by atoms with van der Waals surface area (Å²) in [5.41, 5.74) is 4.84. The normalized spacial score (nSPS) is 20.1. The highest BCUT2D eigenvalue weighted by molar-refractivity contribution is 5.93. The van der Waals surface area contributed by atoms with E-state index in [4.69, 9.17) is 4.74 Å². The molecule has 2 unspecified atom stereocenters. The van der Waals surface area contributed by atoms with Gasteiger partial charge in [-0.15, -0.1) is 0 Å². The Hall–Kier alpha value is -2.52. The van der Waals surface area contributed by atoms with Crippen LogP contribution in [0.5, 0.6) is 0 Å². The van der Waals surface area contributed by atoms with Crippen molar-refractivity contribution in [1.29, 1.82) is 0 Å². The number of cyclic esters (lactones) is 1. The molecule has 0 spiro atoms. The number of ether oxygens (including phenoxy) is 1. The number of carbonyl (C=O) groups is 1. The molecule has 1 aromatic carbocycles. The maximum absolute atomic E-state index is 11.8. The first-order valence-corrected chi connectivity index (χ1v) is 11.2. The van der Waals surface area contributed by atoms with Crippen LogP contribution in [0.1, 0.15) is 57.8 Å². The van der Waals surface area contributed by atoms with E-state index in [1.54, 1.807) is 12.3 Å². The number of β-amino-alcohol motifs (C(OH)–C–C–N with tert-alkyl or cyclic N) is 1. The number of aliphatic hydroxyl groups is 2. The third kappa shape index (κ3) is 4.78. The van der Waals surface area contributed by atoms with Gasteiger partial charge in [0.05, 0.1) is 29.2 Å². The van der Waals surface area contributed by atoms with Crippen molar-refractivity contribution in [1.82, 2.24) is 15.2 Å². The summed E-state index contributed by atoms with van der Waals surface area (Å²) in [6, 6.07) is 7.63. The number of aromatic nitrogens is 1. The van der Waals surface area contributed by atoms with Gasteiger partial charge in [-0.05, 0) is 55.6 Å². The molecule has 0 radical (unpaired) electrons. The molecule has 1 fully saturated rings. The van der Waals surface area contributed by atoms with Crippen molar-refractivity contribution in [3.8, 4) is 0 Å². The molecule has 8 nitrogen and oxygen atoms in total. The molecule has 1 saturated heterocycles. The van der Waals surface area contributed by atoms with E-state index >= 15 is 0 Å². The summed E-state index contributed by atoms with van der Waals surface area (Å²) in [4.78, 5) is 18.4. The quantitative estimate of drug-likeness (QED) is 0.438. The van der Waals surface area contributed by atoms with Crippen molar-refractivity contribution >= 4 is 11.7 Å². The van der Waals surface area contributed by atoms with E-state index in [1.807, 2.05) is 32.2 Å². The first-order chi connectivity index (χ1) is 15.5. The highest BCUT2D eigenvalue weighted by atomic mass is 16.5. The molecule has 3 atom stereocenters. The maximum Gasteiger partial charge on any atom is 0.338 e. The molecule has 0 aliphatic carbocycles. The van der Waals surface area contributed by atoms with Crippen molar-refractivity contribution in [3.05, 3.63) is 58.4 Å². The number of rotatable bonds is 9. The molecule has 1 aromatic heterocycles. The Kier molecular flexibility index (Phi) is 7.05. The molecule has 2 aromatic rings. The van der Waals surface area contributed by atoms with E-state index in [1.165, 1.54) is 0 Å². The van der Waals surface area contributed by atoms with Gasteiger partial charge in [0.1, 0.15) is 12.7 Å². The second-order valence-electron chi connectivity index (χ2n) is 8.58. The molecule has 4 rings (SSSR count). The standard InChI is InChI=1S/C24H32N4O4/c1-15-18(6-7-19-20(15)14-32-24(19)31)23(30)13-28-9-3-4-17(28)11-26-12-22(29)21-8-5-16(25-2)10-27-21/h5-8,10,17,22-23,25-26,29-30H,3-4,9,11-14H2,1-2H3/t17?,22?,23-/m0/s1. The predicted octanol–water partition coefficient (Wildman–Crippen LogP) is 1.92. The lowest BCUT2D eigenvalue weighted by molar-refractivity contribution is 0.0535. The Bertz CT molecular complexity index is 950. The number of hydrogen-bond donors (Lipinski definition) is 4. The minimum absolute atomic E-state index is 0.283. The van der Waals surface area contributed by atoms with Crippen LogP contribution in [0.15, 0.2) is 30.5 Å². The monoisotopic (exact) mass is 440 g/mol. The molecule has 3 heterocycles. The minimum atomic E-state index is -0.666. The molecule has 0 saturated carbocycles. The van der Waals surface area contributed by atoms with Gasteiger partial charge in [-0.25, -0.2) is 4.79 Å². The fourth-order valence-corrected chi connectivity index (χ4v) is 4.66. The number of nitrogens with one attached hydrogen (secondary N) is 2. The fourth-order valence-electron chi connectivity index (χ4n) is 4.66. The lowest BCUT2D eigenvalue weighted by Gasteiger charge is -2.28. The van der Waals surface area contributed by atoms with Crippen molar-refractivity contribution in [2.75, 3.05) is 38.5 Å². The molecule has 2 aliphatic heterocycles. The van der Waals surface area contributed by atoms with Crippen LogP contribution in [0.3, 0.4) is 0 Å². The highest BCUT2D eigenvalue weighted by Crippen LogP contribution is 2.30. The van der Waals surface area contributed by atoms with E-state index in [2.05, 4.69) is 20.5 Å². The molecule has 32 heavy (non-hydrogen) atoms. The molecular formula is C24H32N4O4. The Morgan fingerprint density at radius 1 is 1.25 bits per heavy atom. The van der Waals surface area contributed by atoms with Gasteiger partial charge in [-0.1, -0.05) is 6.07 Å². The lowest BCUT2D eigenvalue weighted by atomic mass is 9.95. The van der Waals surface area contributed by atoms with Crippen molar-refractivity contribution in [3.63, 3.8) is 0 Å². The van der Waals surface area contributed by atoms with Gasteiger partial charge in [0, 0.05) is 38.3 Å². The van der Waals surface area contributed by atoms with Gasteiger partial charge in [-0.3, -0.25) is 9.88 Å². The first kappa shape index (κ1) is 22.7. The Balaban J connectivity index is 1.30. The number of pyridine rings is 1. The largest absolute Gasteiger partial charge is 0.457 e. The third-order valence-electron chi connectivity index (χ3n) is 6.61. The van der Waals surface area contributed by atoms with Crippen LogP contribution in [-0.4, -0.2) is 65.3 Å². The van der Waals surface area contributed by atoms with Crippen LogP contribution in [0.25, 0.3) is 0 Å². The number of likely N-dealkylation sites (tertiary alicyclic amines) is 1. The second kappa shape index (κ2) is 9.95. The summed E-state index contributed by atoms with van der Waals surface area (Å²) < 4.78 is 5.13. The smallest absolute Gasteiger partial charge is 0.338 e. The summed E-state index contributed by atoms with van der Waals surface area (Å²) in [7, 11) is 1.83. The zero-order chi connectivity index (χ0) is 22.7. The van der Waals surface area contributed by atoms with Crippen LogP contribution >= 0.6 is 0 Å². The summed E-state index contributed by atoms with van der Waals surface area (Å²) in [6.07, 6.45) is 2.55. The fraction of sp³-hybridized carbons (Fsp3) is 0.500. The van der Waals surface area contributed by atoms with E-state index < -0.39 is 12.2 Å². The van der Waals surface area contributed by atoms with Crippen LogP contribution in [-0.2, 0) is 11.3 Å². The summed E-state index contributed by atoms with van der Waals surface area (Å²) >= 11 is 0. The van der Waals surface area contributed by atoms with E-state index in [-0.39, 0.29) is 12.6 Å². The number of esters is 1. The number of benzene rings is 1. The van der Waals surface area contributed by atoms with Crippen LogP contribution < -0.4 is 10.6 Å². The van der Waals surface area contributed by atoms with Crippen molar-refractivity contribution in [2.24, 2.45) is 0 Å². The van der Waals surface area contributed by atoms with Gasteiger partial charge in [-0.2, -0.15) is 0 Å². The van der Waals surface area contributed by atoms with Gasteiger partial charge in [0.15, 0.2) is 0 Å². The number of aliphatic hydroxyl groups excluding tert-OH is 2. The van der Waals surface area contributed by atoms with Crippen LogP contribution in [0, 0.1) is 6.92 Å². The average molecular weight is 441 g/mol. The topological polar surface area (TPSA) is 107 Å². The molecular weight excluding hydrogens is 408 g/mol. The lowest BCUT2D eigenvalue weighted by Crippen LogP contribution is -2.41. The summed E-state index contributed by atoms with van der Waals surface area (Å²) in [6.45, 7) is 4.87. The van der Waals surface area contributed by atoms with Gasteiger partial charge < -0.3 is 25.6 Å². The third-order valence-corrected chi connectivity index (χ3v) is 6.61. The summed E-state index contributed by atoms with van der Waals surface area (Å²) in [5, 5.41) is 27.7. The predicted molar refractivity (Wildman–Crippen MR) is 121 cm³/mol. The maximum atomic E-state index is 11.8. The number of nitrogens with zero attached hydrogens (tertiary/aromatic N) is 2. The van der Waals surface area contributed by atoms with Crippen molar-refractivity contribution < 1.29 is 19.7 Å². The molecule has 0 bridgehead atoms. The van der Waals surface area contributed by atoms with Gasteiger partial charge >= 0.3 is 5.97 Å². The zero-order valence-corrected chi connectivity index (χ0v) is 18.7. The van der Waals surface area contributed by atoms with Crippen LogP contribution in [0.2, 0.25) is 0 Å². The number of fused-ring (bicyclic) bond motifs is 1. The molecule has 172 valence electrons. The molecule has 0 amide bonds. The zero-order valence-electron chi connectivity index (χ0n) is 18.7. The number of carbonyl (C=O) groups excluding carboxylic acids is 1. The van der Waals surface area contributed by atoms with E-state index in [0.29, 0.717) is 30.4 Å². The molecule has 4 N–H and O–H groups in total. The SMILES string of the molecule is CNc1ccc(C(O)CNCC2CCCN2C[C@H](O)c2ccc3c(c2C)COC3=O)nc1. The number of hydrogen-bond acceptors (Lipinski definition) is 8. The highest BCUT2D eigenvalue weighted by Gasteiger charge is 2.29. The Morgan fingerprint density at radius 3 is 2.84 bits per heavy atom. The van der Waals surface area contributed by atoms with E-state index in [0.717, 1.165) is 48.3 Å². The van der Waals surface area contributed by atoms with Gasteiger partial charge in [0.25, 0.3) is 0 Å². The molecule has 8 heteroatoms. The van der Waals surface area contributed by atoms with Gasteiger partial charge in [0.2, 0.25) is 0 Å². The Morgan fingerprint density at radius 2 is 2.09 bits per heavy atom.